The second kappa shape index (κ2) is 6.88. The molecule has 0 saturated carbocycles. The number of fused-ring (bicyclic) bond motifs is 1. The summed E-state index contributed by atoms with van der Waals surface area (Å²) >= 11 is 1.44. The molecule has 0 aromatic carbocycles. The van der Waals surface area contributed by atoms with Crippen LogP contribution < -0.4 is 10.2 Å². The van der Waals surface area contributed by atoms with E-state index in [1.165, 1.54) is 11.8 Å². The Morgan fingerprint density at radius 3 is 3.09 bits per heavy atom. The number of carbonyl (C=O) groups is 2. The molecule has 0 unspecified atom stereocenters. The predicted octanol–water partition coefficient (Wildman–Crippen LogP) is 1.43. The Hall–Kier alpha value is -1.60. The van der Waals surface area contributed by atoms with Gasteiger partial charge in [0.25, 0.3) is 0 Å². The second-order valence-electron chi connectivity index (χ2n) is 5.94. The van der Waals surface area contributed by atoms with Crippen LogP contribution in [0, 0.1) is 13.8 Å². The number of thioether (sulfide) groups is 1. The number of aryl methyl sites for hydroxylation is 2. The zero-order valence-corrected chi connectivity index (χ0v) is 14.2. The van der Waals surface area contributed by atoms with Crippen LogP contribution in [0.2, 0.25) is 0 Å². The van der Waals surface area contributed by atoms with Gasteiger partial charge in [0.05, 0.1) is 17.5 Å². The van der Waals surface area contributed by atoms with Gasteiger partial charge >= 0.3 is 0 Å². The largest absolute Gasteiger partial charge is 0.376 e. The monoisotopic (exact) mass is 335 g/mol. The highest BCUT2D eigenvalue weighted by molar-refractivity contribution is 8.00. The average Bonchev–Trinajstić information content (AvgIpc) is 3.01. The first-order valence-electron chi connectivity index (χ1n) is 7.84. The highest BCUT2D eigenvalue weighted by atomic mass is 32.2. The third kappa shape index (κ3) is 3.67. The molecule has 1 atom stereocenters. The van der Waals surface area contributed by atoms with Crippen LogP contribution >= 0.6 is 11.8 Å². The first-order chi connectivity index (χ1) is 11.0. The first kappa shape index (κ1) is 16.3. The van der Waals surface area contributed by atoms with Crippen LogP contribution in [0.15, 0.2) is 11.1 Å². The summed E-state index contributed by atoms with van der Waals surface area (Å²) in [5, 5.41) is 3.70. The predicted molar refractivity (Wildman–Crippen MR) is 88.8 cm³/mol. The molecule has 23 heavy (non-hydrogen) atoms. The first-order valence-corrected chi connectivity index (χ1v) is 8.83. The summed E-state index contributed by atoms with van der Waals surface area (Å²) in [5.41, 5.74) is 2.66. The maximum absolute atomic E-state index is 12.3. The fourth-order valence-corrected chi connectivity index (χ4v) is 3.99. The number of amides is 2. The topological polar surface area (TPSA) is 71.5 Å². The number of anilines is 1. The number of ether oxygens (including phenoxy) is 1. The van der Waals surface area contributed by atoms with Crippen molar-refractivity contribution in [3.8, 4) is 0 Å². The number of aromatic nitrogens is 1. The van der Waals surface area contributed by atoms with E-state index in [9.17, 15) is 9.59 Å². The van der Waals surface area contributed by atoms with Gasteiger partial charge in [-0.15, -0.1) is 0 Å². The van der Waals surface area contributed by atoms with Crippen LogP contribution in [0.5, 0.6) is 0 Å². The summed E-state index contributed by atoms with van der Waals surface area (Å²) in [6, 6.07) is 1.94. The van der Waals surface area contributed by atoms with Gasteiger partial charge < -0.3 is 10.1 Å². The molecule has 2 aliphatic rings. The van der Waals surface area contributed by atoms with Crippen LogP contribution in [-0.2, 0) is 14.3 Å². The minimum absolute atomic E-state index is 0.0324. The van der Waals surface area contributed by atoms with Gasteiger partial charge in [-0.2, -0.15) is 0 Å². The molecule has 2 aliphatic heterocycles. The van der Waals surface area contributed by atoms with Crippen LogP contribution in [0.3, 0.4) is 0 Å². The molecule has 2 amide bonds. The third-order valence-corrected chi connectivity index (χ3v) is 4.98. The van der Waals surface area contributed by atoms with E-state index in [4.69, 9.17) is 4.74 Å². The fraction of sp³-hybridized carbons (Fsp3) is 0.562. The molecule has 0 bridgehead atoms. The second-order valence-corrected chi connectivity index (χ2v) is 6.91. The van der Waals surface area contributed by atoms with Crippen molar-refractivity contribution in [3.05, 3.63) is 17.3 Å². The lowest BCUT2D eigenvalue weighted by atomic mass is 10.2. The SMILES string of the molecule is Cc1cc(C)c2c(n1)SCC(=O)N2CC(=O)NC[C@@H]1CCCO1. The van der Waals surface area contributed by atoms with Crippen molar-refractivity contribution in [3.63, 3.8) is 0 Å². The van der Waals surface area contributed by atoms with Crippen LogP contribution in [0.1, 0.15) is 24.1 Å². The van der Waals surface area contributed by atoms with E-state index in [2.05, 4.69) is 10.3 Å². The van der Waals surface area contributed by atoms with Gasteiger partial charge in [0.15, 0.2) is 0 Å². The maximum Gasteiger partial charge on any atom is 0.240 e. The van der Waals surface area contributed by atoms with Gasteiger partial charge in [-0.1, -0.05) is 11.8 Å². The highest BCUT2D eigenvalue weighted by Crippen LogP contribution is 2.36. The normalized spacial score (nSPS) is 20.5. The van der Waals surface area contributed by atoms with E-state index in [1.807, 2.05) is 19.9 Å². The molecule has 1 N–H and O–H groups in total. The summed E-state index contributed by atoms with van der Waals surface area (Å²) in [4.78, 5) is 30.5. The molecular weight excluding hydrogens is 314 g/mol. The van der Waals surface area contributed by atoms with Crippen LogP contribution in [0.4, 0.5) is 5.69 Å². The molecule has 0 spiro atoms. The number of pyridine rings is 1. The van der Waals surface area contributed by atoms with Crippen molar-refractivity contribution in [1.29, 1.82) is 0 Å². The van der Waals surface area contributed by atoms with Crippen molar-refractivity contribution in [2.75, 3.05) is 30.3 Å². The quantitative estimate of drug-likeness (QED) is 0.901. The highest BCUT2D eigenvalue weighted by Gasteiger charge is 2.29. The Labute approximate surface area is 140 Å². The van der Waals surface area contributed by atoms with Crippen molar-refractivity contribution in [2.24, 2.45) is 0 Å². The Bertz CT molecular complexity index is 629. The van der Waals surface area contributed by atoms with E-state index in [1.54, 1.807) is 4.90 Å². The van der Waals surface area contributed by atoms with Gasteiger partial charge in [-0.3, -0.25) is 14.5 Å². The standard InChI is InChI=1S/C16H21N3O3S/c1-10-6-11(2)18-16-15(10)19(14(21)9-23-16)8-13(20)17-7-12-4-3-5-22-12/h6,12H,3-5,7-9H2,1-2H3,(H,17,20)/t12-/m0/s1. The molecule has 1 saturated heterocycles. The summed E-state index contributed by atoms with van der Waals surface area (Å²) in [6.07, 6.45) is 2.12. The summed E-state index contributed by atoms with van der Waals surface area (Å²) in [5.74, 6) is 0.109. The lowest BCUT2D eigenvalue weighted by Gasteiger charge is -2.29. The molecule has 1 aromatic rings. The average molecular weight is 335 g/mol. The van der Waals surface area contributed by atoms with E-state index in [-0.39, 0.29) is 24.5 Å². The minimum Gasteiger partial charge on any atom is -0.376 e. The Morgan fingerprint density at radius 2 is 2.35 bits per heavy atom. The van der Waals surface area contributed by atoms with Crippen molar-refractivity contribution in [2.45, 2.75) is 37.8 Å². The van der Waals surface area contributed by atoms with Crippen LogP contribution in [0.25, 0.3) is 0 Å². The number of rotatable bonds is 4. The summed E-state index contributed by atoms with van der Waals surface area (Å²) < 4.78 is 5.49. The van der Waals surface area contributed by atoms with Gasteiger partial charge in [0.1, 0.15) is 11.6 Å². The zero-order valence-electron chi connectivity index (χ0n) is 13.4. The summed E-state index contributed by atoms with van der Waals surface area (Å²) in [6.45, 7) is 5.19. The molecule has 1 aromatic heterocycles. The van der Waals surface area contributed by atoms with E-state index in [0.717, 1.165) is 41.4 Å². The molecule has 0 aliphatic carbocycles. The molecule has 0 radical (unpaired) electrons. The van der Waals surface area contributed by atoms with Crippen molar-refractivity contribution >= 4 is 29.3 Å². The van der Waals surface area contributed by atoms with Gasteiger partial charge in [-0.25, -0.2) is 4.98 Å². The number of hydrogen-bond acceptors (Lipinski definition) is 5. The van der Waals surface area contributed by atoms with Gasteiger partial charge in [0.2, 0.25) is 11.8 Å². The Kier molecular flexibility index (Phi) is 4.87. The molecule has 7 heteroatoms. The van der Waals surface area contributed by atoms with E-state index >= 15 is 0 Å². The Balaban J connectivity index is 1.69. The maximum atomic E-state index is 12.3. The van der Waals surface area contributed by atoms with Crippen molar-refractivity contribution < 1.29 is 14.3 Å². The van der Waals surface area contributed by atoms with Gasteiger partial charge in [-0.05, 0) is 38.3 Å². The lowest BCUT2D eigenvalue weighted by molar-refractivity contribution is -0.123. The number of carbonyl (C=O) groups excluding carboxylic acids is 2. The fourth-order valence-electron chi connectivity index (χ4n) is 2.96. The lowest BCUT2D eigenvalue weighted by Crippen LogP contribution is -2.45. The van der Waals surface area contributed by atoms with Crippen LogP contribution in [-0.4, -0.2) is 48.4 Å². The Morgan fingerprint density at radius 1 is 1.52 bits per heavy atom. The van der Waals surface area contributed by atoms with Gasteiger partial charge in [0, 0.05) is 18.8 Å². The summed E-state index contributed by atoms with van der Waals surface area (Å²) in [7, 11) is 0. The van der Waals surface area contributed by atoms with Crippen molar-refractivity contribution in [1.82, 2.24) is 10.3 Å². The molecule has 124 valence electrons. The number of hydrogen-bond donors (Lipinski definition) is 1. The molecule has 3 rings (SSSR count). The number of nitrogens with zero attached hydrogens (tertiary/aromatic N) is 2. The molecule has 6 nitrogen and oxygen atoms in total. The van der Waals surface area contributed by atoms with E-state index < -0.39 is 0 Å². The third-order valence-electron chi connectivity index (χ3n) is 4.04. The smallest absolute Gasteiger partial charge is 0.240 e. The van der Waals surface area contributed by atoms with E-state index in [0.29, 0.717) is 12.3 Å². The minimum atomic E-state index is -0.160. The molecular formula is C16H21N3O3S. The number of nitrogens with one attached hydrogen (secondary N) is 1. The zero-order chi connectivity index (χ0) is 16.4. The molecule has 1 fully saturated rings. The molecule has 3 heterocycles.